The van der Waals surface area contributed by atoms with E-state index in [1.54, 1.807) is 0 Å². The van der Waals surface area contributed by atoms with Crippen LogP contribution in [0.4, 0.5) is 0 Å². The van der Waals surface area contributed by atoms with Crippen LogP contribution in [0, 0.1) is 5.92 Å². The number of carbonyl (C=O) groups is 1. The standard InChI is InChI=1S/C17H33N3O/c1-14-5-4-6-15(2)20(14)17(21)13-19-11-8-16(9-12-19)7-10-18-3/h14-16,18H,4-13H2,1-3H3. The van der Waals surface area contributed by atoms with Crippen LogP contribution in [0.15, 0.2) is 0 Å². The second-order valence-electron chi connectivity index (χ2n) is 7.04. The molecular formula is C17H33N3O. The molecule has 2 rings (SSSR count). The topological polar surface area (TPSA) is 35.6 Å². The molecule has 21 heavy (non-hydrogen) atoms. The quantitative estimate of drug-likeness (QED) is 0.844. The van der Waals surface area contributed by atoms with Crippen molar-refractivity contribution in [3.8, 4) is 0 Å². The van der Waals surface area contributed by atoms with E-state index in [4.69, 9.17) is 0 Å². The second-order valence-corrected chi connectivity index (χ2v) is 7.04. The van der Waals surface area contributed by atoms with E-state index in [9.17, 15) is 4.79 Å². The van der Waals surface area contributed by atoms with E-state index < -0.39 is 0 Å². The fraction of sp³-hybridized carbons (Fsp3) is 0.941. The number of hydrogen-bond acceptors (Lipinski definition) is 3. The molecule has 4 heteroatoms. The fourth-order valence-electron chi connectivity index (χ4n) is 3.97. The summed E-state index contributed by atoms with van der Waals surface area (Å²) in [4.78, 5) is 17.1. The van der Waals surface area contributed by atoms with Gasteiger partial charge in [0.2, 0.25) is 5.91 Å². The average Bonchev–Trinajstić information content (AvgIpc) is 2.46. The van der Waals surface area contributed by atoms with Gasteiger partial charge < -0.3 is 10.2 Å². The maximum absolute atomic E-state index is 12.6. The van der Waals surface area contributed by atoms with Gasteiger partial charge in [0.05, 0.1) is 6.54 Å². The minimum absolute atomic E-state index is 0.350. The first-order valence-electron chi connectivity index (χ1n) is 8.80. The lowest BCUT2D eigenvalue weighted by atomic mass is 9.93. The Morgan fingerprint density at radius 2 is 1.71 bits per heavy atom. The number of likely N-dealkylation sites (tertiary alicyclic amines) is 2. The molecule has 2 saturated heterocycles. The van der Waals surface area contributed by atoms with Crippen molar-refractivity contribution in [3.63, 3.8) is 0 Å². The predicted molar refractivity (Wildman–Crippen MR) is 87.3 cm³/mol. The summed E-state index contributed by atoms with van der Waals surface area (Å²) in [5, 5.41) is 3.24. The molecule has 1 amide bonds. The third-order valence-corrected chi connectivity index (χ3v) is 5.35. The van der Waals surface area contributed by atoms with Crippen LogP contribution in [0.25, 0.3) is 0 Å². The molecular weight excluding hydrogens is 262 g/mol. The zero-order valence-corrected chi connectivity index (χ0v) is 14.1. The highest BCUT2D eigenvalue weighted by molar-refractivity contribution is 5.79. The first-order chi connectivity index (χ1) is 10.1. The Bertz CT molecular complexity index is 316. The molecule has 0 aliphatic carbocycles. The molecule has 2 atom stereocenters. The molecule has 0 aromatic rings. The summed E-state index contributed by atoms with van der Waals surface area (Å²) in [5.41, 5.74) is 0. The van der Waals surface area contributed by atoms with Gasteiger partial charge in [0, 0.05) is 12.1 Å². The summed E-state index contributed by atoms with van der Waals surface area (Å²) in [5.74, 6) is 1.19. The lowest BCUT2D eigenvalue weighted by molar-refractivity contribution is -0.138. The number of hydrogen-bond donors (Lipinski definition) is 1. The van der Waals surface area contributed by atoms with E-state index >= 15 is 0 Å². The van der Waals surface area contributed by atoms with Gasteiger partial charge in [0.1, 0.15) is 0 Å². The van der Waals surface area contributed by atoms with E-state index in [-0.39, 0.29) is 0 Å². The van der Waals surface area contributed by atoms with Crippen molar-refractivity contribution in [2.75, 3.05) is 33.2 Å². The molecule has 0 aromatic heterocycles. The highest BCUT2D eigenvalue weighted by Gasteiger charge is 2.30. The Morgan fingerprint density at radius 1 is 1.10 bits per heavy atom. The molecule has 2 aliphatic heterocycles. The Hall–Kier alpha value is -0.610. The third kappa shape index (κ3) is 4.68. The van der Waals surface area contributed by atoms with Gasteiger partial charge in [-0.25, -0.2) is 0 Å². The minimum atomic E-state index is 0.350. The monoisotopic (exact) mass is 295 g/mol. The zero-order chi connectivity index (χ0) is 15.2. The normalized spacial score (nSPS) is 28.8. The maximum Gasteiger partial charge on any atom is 0.237 e. The Kier molecular flexibility index (Phi) is 6.49. The third-order valence-electron chi connectivity index (χ3n) is 5.35. The van der Waals surface area contributed by atoms with Crippen LogP contribution in [0.2, 0.25) is 0 Å². The molecule has 2 fully saturated rings. The minimum Gasteiger partial charge on any atom is -0.336 e. The SMILES string of the molecule is CNCCC1CCN(CC(=O)N2C(C)CCCC2C)CC1. The smallest absolute Gasteiger partial charge is 0.237 e. The van der Waals surface area contributed by atoms with Gasteiger partial charge in [0.15, 0.2) is 0 Å². The lowest BCUT2D eigenvalue weighted by Gasteiger charge is -2.41. The van der Waals surface area contributed by atoms with Gasteiger partial charge in [-0.05, 0) is 85.0 Å². The van der Waals surface area contributed by atoms with Crippen LogP contribution in [0.1, 0.15) is 52.4 Å². The van der Waals surface area contributed by atoms with Crippen molar-refractivity contribution in [3.05, 3.63) is 0 Å². The molecule has 0 spiro atoms. The largest absolute Gasteiger partial charge is 0.336 e. The highest BCUT2D eigenvalue weighted by Crippen LogP contribution is 2.24. The number of nitrogens with zero attached hydrogens (tertiary/aromatic N) is 2. The van der Waals surface area contributed by atoms with E-state index in [1.165, 1.54) is 38.5 Å². The molecule has 2 aliphatic rings. The summed E-state index contributed by atoms with van der Waals surface area (Å²) >= 11 is 0. The predicted octanol–water partition coefficient (Wildman–Crippen LogP) is 2.10. The first-order valence-corrected chi connectivity index (χ1v) is 8.80. The van der Waals surface area contributed by atoms with E-state index in [0.29, 0.717) is 24.5 Å². The van der Waals surface area contributed by atoms with Crippen molar-refractivity contribution in [2.45, 2.75) is 64.5 Å². The Labute approximate surface area is 130 Å². The van der Waals surface area contributed by atoms with Crippen molar-refractivity contribution in [2.24, 2.45) is 5.92 Å². The van der Waals surface area contributed by atoms with Crippen molar-refractivity contribution < 1.29 is 4.79 Å². The van der Waals surface area contributed by atoms with Crippen LogP contribution < -0.4 is 5.32 Å². The summed E-state index contributed by atoms with van der Waals surface area (Å²) in [6, 6.07) is 0.851. The molecule has 122 valence electrons. The molecule has 0 radical (unpaired) electrons. The molecule has 2 heterocycles. The van der Waals surface area contributed by atoms with E-state index in [0.717, 1.165) is 25.6 Å². The number of carbonyl (C=O) groups excluding carboxylic acids is 1. The molecule has 4 nitrogen and oxygen atoms in total. The highest BCUT2D eigenvalue weighted by atomic mass is 16.2. The van der Waals surface area contributed by atoms with Gasteiger partial charge in [-0.1, -0.05) is 0 Å². The van der Waals surface area contributed by atoms with E-state index in [1.807, 2.05) is 7.05 Å². The number of nitrogens with one attached hydrogen (secondary N) is 1. The van der Waals surface area contributed by atoms with Crippen molar-refractivity contribution in [1.29, 1.82) is 0 Å². The Morgan fingerprint density at radius 3 is 2.29 bits per heavy atom. The average molecular weight is 295 g/mol. The van der Waals surface area contributed by atoms with Gasteiger partial charge >= 0.3 is 0 Å². The summed E-state index contributed by atoms with van der Waals surface area (Å²) in [7, 11) is 2.02. The molecule has 2 unspecified atom stereocenters. The van der Waals surface area contributed by atoms with Gasteiger partial charge in [-0.2, -0.15) is 0 Å². The first kappa shape index (κ1) is 16.8. The summed E-state index contributed by atoms with van der Waals surface area (Å²) < 4.78 is 0. The van der Waals surface area contributed by atoms with Crippen LogP contribution in [-0.2, 0) is 4.79 Å². The van der Waals surface area contributed by atoms with Crippen LogP contribution in [0.5, 0.6) is 0 Å². The number of rotatable bonds is 5. The maximum atomic E-state index is 12.6. The Balaban J connectivity index is 1.76. The molecule has 0 bridgehead atoms. The number of piperidine rings is 2. The molecule has 0 aromatic carbocycles. The molecule has 0 saturated carbocycles. The lowest BCUT2D eigenvalue weighted by Crippen LogP contribution is -2.51. The van der Waals surface area contributed by atoms with Crippen LogP contribution in [0.3, 0.4) is 0 Å². The van der Waals surface area contributed by atoms with Crippen molar-refractivity contribution in [1.82, 2.24) is 15.1 Å². The summed E-state index contributed by atoms with van der Waals surface area (Å²) in [6.45, 7) is 8.35. The second kappa shape index (κ2) is 8.14. The van der Waals surface area contributed by atoms with E-state index in [2.05, 4.69) is 29.0 Å². The van der Waals surface area contributed by atoms with Gasteiger partial charge in [-0.15, -0.1) is 0 Å². The molecule has 1 N–H and O–H groups in total. The zero-order valence-electron chi connectivity index (χ0n) is 14.1. The summed E-state index contributed by atoms with van der Waals surface area (Å²) in [6.07, 6.45) is 7.38. The fourth-order valence-corrected chi connectivity index (χ4v) is 3.97. The number of amides is 1. The van der Waals surface area contributed by atoms with Crippen LogP contribution in [-0.4, -0.2) is 61.0 Å². The van der Waals surface area contributed by atoms with Gasteiger partial charge in [0.25, 0.3) is 0 Å². The van der Waals surface area contributed by atoms with Crippen LogP contribution >= 0.6 is 0 Å². The van der Waals surface area contributed by atoms with Gasteiger partial charge in [-0.3, -0.25) is 9.69 Å². The van der Waals surface area contributed by atoms with Crippen molar-refractivity contribution >= 4 is 5.91 Å².